The lowest BCUT2D eigenvalue weighted by Crippen LogP contribution is -2.50. The number of hydrogen-bond acceptors (Lipinski definition) is 5. The molecule has 1 fully saturated rings. The first-order valence-corrected chi connectivity index (χ1v) is 7.40. The molecule has 2 amide bonds. The number of anilines is 2. The molecule has 1 aromatic heterocycles. The summed E-state index contributed by atoms with van der Waals surface area (Å²) < 4.78 is 5.08. The highest BCUT2D eigenvalue weighted by molar-refractivity contribution is 5.91. The molecule has 2 aromatic rings. The summed E-state index contributed by atoms with van der Waals surface area (Å²) in [7, 11) is 0. The summed E-state index contributed by atoms with van der Waals surface area (Å²) in [6.07, 6.45) is 0. The molecule has 3 rings (SSSR count). The van der Waals surface area contributed by atoms with Gasteiger partial charge in [-0.2, -0.15) is 5.26 Å². The third kappa shape index (κ3) is 3.26. The monoisotopic (exact) mass is 311 g/mol. The van der Waals surface area contributed by atoms with E-state index in [-0.39, 0.29) is 6.03 Å². The SMILES string of the molecule is Cc1cc(N2CCN(C(=O)Nc3ccccc3C#N)CC2)no1. The van der Waals surface area contributed by atoms with Gasteiger partial charge in [0.05, 0.1) is 11.3 Å². The van der Waals surface area contributed by atoms with Gasteiger partial charge in [0.2, 0.25) is 0 Å². The molecule has 0 spiro atoms. The molecule has 23 heavy (non-hydrogen) atoms. The molecule has 1 aliphatic rings. The summed E-state index contributed by atoms with van der Waals surface area (Å²) in [5.74, 6) is 1.57. The number of amides is 2. The van der Waals surface area contributed by atoms with Crippen LogP contribution >= 0.6 is 0 Å². The predicted octanol–water partition coefficient (Wildman–Crippen LogP) is 2.21. The van der Waals surface area contributed by atoms with E-state index < -0.39 is 0 Å². The van der Waals surface area contributed by atoms with Crippen LogP contribution in [0.1, 0.15) is 11.3 Å². The van der Waals surface area contributed by atoms with Crippen LogP contribution in [0.15, 0.2) is 34.9 Å². The summed E-state index contributed by atoms with van der Waals surface area (Å²) in [5, 5.41) is 15.9. The maximum Gasteiger partial charge on any atom is 0.322 e. The summed E-state index contributed by atoms with van der Waals surface area (Å²) in [6.45, 7) is 4.42. The van der Waals surface area contributed by atoms with Crippen LogP contribution < -0.4 is 10.2 Å². The van der Waals surface area contributed by atoms with Crippen molar-refractivity contribution in [3.8, 4) is 6.07 Å². The van der Waals surface area contributed by atoms with Crippen LogP contribution in [-0.4, -0.2) is 42.3 Å². The zero-order valence-corrected chi connectivity index (χ0v) is 12.8. The van der Waals surface area contributed by atoms with Crippen molar-refractivity contribution in [2.24, 2.45) is 0 Å². The van der Waals surface area contributed by atoms with E-state index in [1.807, 2.05) is 13.0 Å². The van der Waals surface area contributed by atoms with Crippen LogP contribution in [0.3, 0.4) is 0 Å². The molecule has 1 saturated heterocycles. The number of carbonyl (C=O) groups excluding carboxylic acids is 1. The quantitative estimate of drug-likeness (QED) is 0.919. The summed E-state index contributed by atoms with van der Waals surface area (Å²) >= 11 is 0. The topological polar surface area (TPSA) is 85.4 Å². The number of nitriles is 1. The average Bonchev–Trinajstić information content (AvgIpc) is 3.02. The molecule has 7 heteroatoms. The number of carbonyl (C=O) groups is 1. The minimum Gasteiger partial charge on any atom is -0.360 e. The van der Waals surface area contributed by atoms with E-state index in [2.05, 4.69) is 21.4 Å². The Morgan fingerprint density at radius 3 is 2.70 bits per heavy atom. The van der Waals surface area contributed by atoms with Gasteiger partial charge < -0.3 is 19.6 Å². The fourth-order valence-corrected chi connectivity index (χ4v) is 2.52. The van der Waals surface area contributed by atoms with Gasteiger partial charge in [-0.3, -0.25) is 0 Å². The van der Waals surface area contributed by atoms with Crippen LogP contribution in [-0.2, 0) is 0 Å². The van der Waals surface area contributed by atoms with Crippen LogP contribution in [0, 0.1) is 18.3 Å². The summed E-state index contributed by atoms with van der Waals surface area (Å²) in [5.41, 5.74) is 0.993. The second kappa shape index (κ2) is 6.40. The summed E-state index contributed by atoms with van der Waals surface area (Å²) in [4.78, 5) is 16.2. The Hall–Kier alpha value is -3.01. The van der Waals surface area contributed by atoms with E-state index in [4.69, 9.17) is 9.78 Å². The van der Waals surface area contributed by atoms with Crippen LogP contribution in [0.5, 0.6) is 0 Å². The van der Waals surface area contributed by atoms with Gasteiger partial charge in [0.25, 0.3) is 0 Å². The van der Waals surface area contributed by atoms with Gasteiger partial charge in [-0.05, 0) is 19.1 Å². The predicted molar refractivity (Wildman–Crippen MR) is 85.2 cm³/mol. The number of benzene rings is 1. The Bertz CT molecular complexity index is 741. The number of aromatic nitrogens is 1. The molecule has 1 aliphatic heterocycles. The van der Waals surface area contributed by atoms with E-state index in [0.29, 0.717) is 37.4 Å². The van der Waals surface area contributed by atoms with Crippen molar-refractivity contribution in [2.45, 2.75) is 6.92 Å². The molecule has 1 N–H and O–H groups in total. The second-order valence-electron chi connectivity index (χ2n) is 5.36. The zero-order chi connectivity index (χ0) is 16.2. The van der Waals surface area contributed by atoms with Gasteiger partial charge in [-0.1, -0.05) is 17.3 Å². The minimum atomic E-state index is -0.191. The van der Waals surface area contributed by atoms with E-state index in [1.54, 1.807) is 29.2 Å². The Balaban J connectivity index is 1.59. The number of aryl methyl sites for hydroxylation is 1. The Labute approximate surface area is 134 Å². The maximum absolute atomic E-state index is 12.3. The van der Waals surface area contributed by atoms with E-state index in [9.17, 15) is 4.79 Å². The molecule has 0 atom stereocenters. The van der Waals surface area contributed by atoms with Gasteiger partial charge in [-0.15, -0.1) is 0 Å². The highest BCUT2D eigenvalue weighted by atomic mass is 16.5. The largest absolute Gasteiger partial charge is 0.360 e. The lowest BCUT2D eigenvalue weighted by atomic mass is 10.2. The maximum atomic E-state index is 12.3. The first-order valence-electron chi connectivity index (χ1n) is 7.40. The van der Waals surface area contributed by atoms with Crippen molar-refractivity contribution < 1.29 is 9.32 Å². The van der Waals surface area contributed by atoms with E-state index in [0.717, 1.165) is 11.6 Å². The van der Waals surface area contributed by atoms with Crippen LogP contribution in [0.25, 0.3) is 0 Å². The smallest absolute Gasteiger partial charge is 0.322 e. The molecule has 0 radical (unpaired) electrons. The zero-order valence-electron chi connectivity index (χ0n) is 12.8. The summed E-state index contributed by atoms with van der Waals surface area (Å²) in [6, 6.07) is 10.7. The normalized spacial score (nSPS) is 14.4. The fourth-order valence-electron chi connectivity index (χ4n) is 2.52. The van der Waals surface area contributed by atoms with Gasteiger partial charge in [-0.25, -0.2) is 4.79 Å². The average molecular weight is 311 g/mol. The van der Waals surface area contributed by atoms with Crippen molar-refractivity contribution in [2.75, 3.05) is 36.4 Å². The van der Waals surface area contributed by atoms with Gasteiger partial charge in [0.15, 0.2) is 5.82 Å². The highest BCUT2D eigenvalue weighted by Crippen LogP contribution is 2.18. The van der Waals surface area contributed by atoms with Crippen molar-refractivity contribution in [3.63, 3.8) is 0 Å². The Kier molecular flexibility index (Phi) is 4.15. The molecule has 1 aromatic carbocycles. The minimum absolute atomic E-state index is 0.191. The van der Waals surface area contributed by atoms with Gasteiger partial charge in [0, 0.05) is 32.2 Å². The molecule has 118 valence electrons. The van der Waals surface area contributed by atoms with Gasteiger partial charge in [0.1, 0.15) is 11.8 Å². The Morgan fingerprint density at radius 2 is 2.04 bits per heavy atom. The molecule has 2 heterocycles. The van der Waals surface area contributed by atoms with E-state index >= 15 is 0 Å². The lowest BCUT2D eigenvalue weighted by molar-refractivity contribution is 0.208. The molecular formula is C16H17N5O2. The molecule has 0 aliphatic carbocycles. The fraction of sp³-hybridized carbons (Fsp3) is 0.312. The first-order chi connectivity index (χ1) is 11.2. The third-order valence-electron chi connectivity index (χ3n) is 3.80. The van der Waals surface area contributed by atoms with Crippen molar-refractivity contribution >= 4 is 17.5 Å². The number of urea groups is 1. The number of rotatable bonds is 2. The molecule has 0 unspecified atom stereocenters. The Morgan fingerprint density at radius 1 is 1.30 bits per heavy atom. The number of piperazine rings is 1. The first kappa shape index (κ1) is 14.9. The molecule has 0 saturated carbocycles. The molecular weight excluding hydrogens is 294 g/mol. The van der Waals surface area contributed by atoms with Crippen molar-refractivity contribution in [1.29, 1.82) is 5.26 Å². The number of para-hydroxylation sites is 1. The third-order valence-corrected chi connectivity index (χ3v) is 3.80. The van der Waals surface area contributed by atoms with Crippen LogP contribution in [0.2, 0.25) is 0 Å². The number of nitrogens with one attached hydrogen (secondary N) is 1. The van der Waals surface area contributed by atoms with Gasteiger partial charge >= 0.3 is 6.03 Å². The highest BCUT2D eigenvalue weighted by Gasteiger charge is 2.23. The lowest BCUT2D eigenvalue weighted by Gasteiger charge is -2.34. The standard InChI is InChI=1S/C16H17N5O2/c1-12-10-15(19-23-12)20-6-8-21(9-7-20)16(22)18-14-5-3-2-4-13(14)11-17/h2-5,10H,6-9H2,1H3,(H,18,22). The molecule has 0 bridgehead atoms. The number of hydrogen-bond donors (Lipinski definition) is 1. The van der Waals surface area contributed by atoms with Crippen molar-refractivity contribution in [1.82, 2.24) is 10.1 Å². The van der Waals surface area contributed by atoms with E-state index in [1.165, 1.54) is 0 Å². The van der Waals surface area contributed by atoms with Crippen LogP contribution in [0.4, 0.5) is 16.3 Å². The number of nitrogens with zero attached hydrogens (tertiary/aromatic N) is 4. The second-order valence-corrected chi connectivity index (χ2v) is 5.36. The molecule has 7 nitrogen and oxygen atoms in total. The van der Waals surface area contributed by atoms with Crippen molar-refractivity contribution in [3.05, 3.63) is 41.7 Å².